The summed E-state index contributed by atoms with van der Waals surface area (Å²) in [7, 11) is 1.63. The minimum atomic E-state index is -0.108. The summed E-state index contributed by atoms with van der Waals surface area (Å²) in [6.45, 7) is 4.63. The summed E-state index contributed by atoms with van der Waals surface area (Å²) in [6, 6.07) is 13.8. The number of amides is 2. The minimum Gasteiger partial charge on any atom is -0.497 e. The Labute approximate surface area is 191 Å². The van der Waals surface area contributed by atoms with Gasteiger partial charge in [0.2, 0.25) is 16.9 Å². The number of anilines is 2. The van der Waals surface area contributed by atoms with Crippen LogP contribution in [0.1, 0.15) is 40.5 Å². The molecular weight excluding hydrogens is 424 g/mol. The largest absolute Gasteiger partial charge is 0.497 e. The van der Waals surface area contributed by atoms with E-state index in [4.69, 9.17) is 4.74 Å². The van der Waals surface area contributed by atoms with E-state index in [2.05, 4.69) is 21.6 Å². The molecule has 2 amide bonds. The summed E-state index contributed by atoms with van der Waals surface area (Å²) in [6.07, 6.45) is 1.38. The van der Waals surface area contributed by atoms with E-state index >= 15 is 0 Å². The molecule has 1 fully saturated rings. The summed E-state index contributed by atoms with van der Waals surface area (Å²) in [5.74, 6) is 0.745. The SMILES string of the molecule is COc1ccc(CCC(=O)Nc2nnc([C@H]3CC(=O)N(c4cc(C)cc(C)c4)C3)s2)cc1. The number of hydrogen-bond acceptors (Lipinski definition) is 6. The number of aryl methyl sites for hydroxylation is 3. The quantitative estimate of drug-likeness (QED) is 0.582. The molecule has 32 heavy (non-hydrogen) atoms. The van der Waals surface area contributed by atoms with Crippen LogP contribution in [0.4, 0.5) is 10.8 Å². The fourth-order valence-electron chi connectivity index (χ4n) is 3.91. The number of methoxy groups -OCH3 is 1. The van der Waals surface area contributed by atoms with E-state index in [1.54, 1.807) is 7.11 Å². The monoisotopic (exact) mass is 450 g/mol. The van der Waals surface area contributed by atoms with Gasteiger partial charge in [0.15, 0.2) is 0 Å². The standard InChI is InChI=1S/C24H26N4O3S/c1-15-10-16(2)12-19(11-15)28-14-18(13-22(28)30)23-26-27-24(32-23)25-21(29)9-6-17-4-7-20(31-3)8-5-17/h4-5,7-8,10-12,18H,6,9,13-14H2,1-3H3,(H,25,27,29)/t18-/m0/s1. The number of carbonyl (C=O) groups is 2. The molecule has 1 aliphatic heterocycles. The fraction of sp³-hybridized carbons (Fsp3) is 0.333. The molecule has 0 saturated carbocycles. The van der Waals surface area contributed by atoms with Crippen molar-refractivity contribution >= 4 is 34.0 Å². The summed E-state index contributed by atoms with van der Waals surface area (Å²) in [5, 5.41) is 12.4. The van der Waals surface area contributed by atoms with Crippen molar-refractivity contribution in [3.8, 4) is 5.75 Å². The predicted octanol–water partition coefficient (Wildman–Crippen LogP) is 4.26. The van der Waals surface area contributed by atoms with Crippen LogP contribution in [0.3, 0.4) is 0 Å². The normalized spacial score (nSPS) is 15.8. The molecule has 166 valence electrons. The van der Waals surface area contributed by atoms with Gasteiger partial charge in [-0.25, -0.2) is 0 Å². The van der Waals surface area contributed by atoms with E-state index < -0.39 is 0 Å². The number of rotatable bonds is 7. The highest BCUT2D eigenvalue weighted by Gasteiger charge is 2.34. The van der Waals surface area contributed by atoms with E-state index in [9.17, 15) is 9.59 Å². The van der Waals surface area contributed by atoms with Gasteiger partial charge in [-0.15, -0.1) is 10.2 Å². The smallest absolute Gasteiger partial charge is 0.227 e. The molecule has 8 heteroatoms. The average molecular weight is 451 g/mol. The molecule has 0 bridgehead atoms. The van der Waals surface area contributed by atoms with Crippen molar-refractivity contribution in [3.05, 3.63) is 64.2 Å². The van der Waals surface area contributed by atoms with Gasteiger partial charge in [0, 0.05) is 31.0 Å². The summed E-state index contributed by atoms with van der Waals surface area (Å²) in [5.41, 5.74) is 4.25. The third-order valence-electron chi connectivity index (χ3n) is 5.48. The molecule has 0 spiro atoms. The third kappa shape index (κ3) is 5.13. The molecule has 3 aromatic rings. The third-order valence-corrected chi connectivity index (χ3v) is 6.48. The number of ether oxygens (including phenoxy) is 1. The molecule has 7 nitrogen and oxygen atoms in total. The van der Waals surface area contributed by atoms with Gasteiger partial charge in [-0.3, -0.25) is 9.59 Å². The Kier molecular flexibility index (Phi) is 6.50. The number of nitrogens with zero attached hydrogens (tertiary/aromatic N) is 3. The summed E-state index contributed by atoms with van der Waals surface area (Å²) < 4.78 is 5.15. The van der Waals surface area contributed by atoms with E-state index in [0.29, 0.717) is 30.9 Å². The average Bonchev–Trinajstić information content (AvgIpc) is 3.38. The number of carbonyl (C=O) groups excluding carboxylic acids is 2. The lowest BCUT2D eigenvalue weighted by Crippen LogP contribution is -2.24. The Bertz CT molecular complexity index is 1110. The van der Waals surface area contributed by atoms with Crippen molar-refractivity contribution in [2.24, 2.45) is 0 Å². The maximum atomic E-state index is 12.6. The van der Waals surface area contributed by atoms with Crippen molar-refractivity contribution in [3.63, 3.8) is 0 Å². The van der Waals surface area contributed by atoms with E-state index in [1.807, 2.05) is 55.1 Å². The van der Waals surface area contributed by atoms with Crippen LogP contribution in [-0.2, 0) is 16.0 Å². The molecule has 1 N–H and O–H groups in total. The zero-order chi connectivity index (χ0) is 22.7. The van der Waals surface area contributed by atoms with Crippen LogP contribution >= 0.6 is 11.3 Å². The maximum Gasteiger partial charge on any atom is 0.227 e. The Morgan fingerprint density at radius 3 is 2.56 bits per heavy atom. The lowest BCUT2D eigenvalue weighted by Gasteiger charge is -2.17. The van der Waals surface area contributed by atoms with Gasteiger partial charge in [-0.2, -0.15) is 0 Å². The molecule has 0 aliphatic carbocycles. The fourth-order valence-corrected chi connectivity index (χ4v) is 4.76. The molecule has 0 radical (unpaired) electrons. The van der Waals surface area contributed by atoms with Crippen LogP contribution in [0.15, 0.2) is 42.5 Å². The van der Waals surface area contributed by atoms with Gasteiger partial charge in [0.05, 0.1) is 7.11 Å². The molecule has 2 aromatic carbocycles. The molecule has 0 unspecified atom stereocenters. The number of benzene rings is 2. The Morgan fingerprint density at radius 2 is 1.88 bits per heavy atom. The van der Waals surface area contributed by atoms with Crippen molar-refractivity contribution in [1.82, 2.24) is 10.2 Å². The van der Waals surface area contributed by atoms with Crippen molar-refractivity contribution in [2.75, 3.05) is 23.9 Å². The summed E-state index contributed by atoms with van der Waals surface area (Å²) in [4.78, 5) is 26.8. The first-order valence-corrected chi connectivity index (χ1v) is 11.4. The Morgan fingerprint density at radius 1 is 1.16 bits per heavy atom. The second-order valence-corrected chi connectivity index (χ2v) is 9.10. The molecule has 1 saturated heterocycles. The molecule has 1 atom stereocenters. The second kappa shape index (κ2) is 9.48. The second-order valence-electron chi connectivity index (χ2n) is 8.09. The van der Waals surface area contributed by atoms with Gasteiger partial charge >= 0.3 is 0 Å². The van der Waals surface area contributed by atoms with Crippen LogP contribution in [0.5, 0.6) is 5.75 Å². The van der Waals surface area contributed by atoms with Crippen LogP contribution in [0.25, 0.3) is 0 Å². The first kappa shape index (κ1) is 22.0. The van der Waals surface area contributed by atoms with Crippen LogP contribution < -0.4 is 15.0 Å². The van der Waals surface area contributed by atoms with E-state index in [0.717, 1.165) is 33.1 Å². The van der Waals surface area contributed by atoms with Crippen LogP contribution in [0.2, 0.25) is 0 Å². The lowest BCUT2D eigenvalue weighted by atomic mass is 10.1. The van der Waals surface area contributed by atoms with Gasteiger partial charge < -0.3 is 15.0 Å². The highest BCUT2D eigenvalue weighted by molar-refractivity contribution is 7.15. The van der Waals surface area contributed by atoms with E-state index in [1.165, 1.54) is 11.3 Å². The first-order chi connectivity index (χ1) is 15.4. The molecule has 1 aromatic heterocycles. The topological polar surface area (TPSA) is 84.4 Å². The van der Waals surface area contributed by atoms with Crippen molar-refractivity contribution in [1.29, 1.82) is 0 Å². The van der Waals surface area contributed by atoms with Crippen LogP contribution in [0, 0.1) is 13.8 Å². The zero-order valence-corrected chi connectivity index (χ0v) is 19.2. The highest BCUT2D eigenvalue weighted by Crippen LogP contribution is 2.34. The van der Waals surface area contributed by atoms with Gasteiger partial charge in [-0.05, 0) is 61.2 Å². The molecule has 4 rings (SSSR count). The van der Waals surface area contributed by atoms with E-state index in [-0.39, 0.29) is 17.7 Å². The number of aromatic nitrogens is 2. The van der Waals surface area contributed by atoms with Gasteiger partial charge in [-0.1, -0.05) is 29.5 Å². The molecular formula is C24H26N4O3S. The van der Waals surface area contributed by atoms with Crippen LogP contribution in [-0.4, -0.2) is 35.7 Å². The van der Waals surface area contributed by atoms with Gasteiger partial charge in [0.1, 0.15) is 10.8 Å². The first-order valence-electron chi connectivity index (χ1n) is 10.6. The predicted molar refractivity (Wildman–Crippen MR) is 125 cm³/mol. The lowest BCUT2D eigenvalue weighted by molar-refractivity contribution is -0.117. The van der Waals surface area contributed by atoms with Gasteiger partial charge in [0.25, 0.3) is 0 Å². The number of hydrogen-bond donors (Lipinski definition) is 1. The number of nitrogens with one attached hydrogen (secondary N) is 1. The highest BCUT2D eigenvalue weighted by atomic mass is 32.1. The maximum absolute atomic E-state index is 12.6. The Balaban J connectivity index is 1.34. The van der Waals surface area contributed by atoms with Crippen molar-refractivity contribution < 1.29 is 14.3 Å². The zero-order valence-electron chi connectivity index (χ0n) is 18.4. The molecule has 2 heterocycles. The minimum absolute atomic E-state index is 0.0224. The molecule has 1 aliphatic rings. The van der Waals surface area contributed by atoms with Crippen molar-refractivity contribution in [2.45, 2.75) is 39.0 Å². The summed E-state index contributed by atoms with van der Waals surface area (Å²) >= 11 is 1.34. The Hall–Kier alpha value is -3.26.